The Bertz CT molecular complexity index is 383. The van der Waals surface area contributed by atoms with Crippen LogP contribution in [0.4, 0.5) is 0 Å². The Morgan fingerprint density at radius 3 is 2.80 bits per heavy atom. The van der Waals surface area contributed by atoms with Gasteiger partial charge in [0.25, 0.3) is 0 Å². The standard InChI is InChI=1S/C12H14O2S/c1-9(13)11-6-5-10(8-12(11)14)4-2-3-7-15/h2,4-6,8,14-15H,3,7H2,1H3. The van der Waals surface area contributed by atoms with Crippen LogP contribution >= 0.6 is 12.6 Å². The number of allylic oxidation sites excluding steroid dienone is 1. The Morgan fingerprint density at radius 2 is 2.27 bits per heavy atom. The normalized spacial score (nSPS) is 10.8. The van der Waals surface area contributed by atoms with Crippen molar-refractivity contribution in [2.75, 3.05) is 5.75 Å². The highest BCUT2D eigenvalue weighted by atomic mass is 32.1. The predicted molar refractivity (Wildman–Crippen MR) is 65.6 cm³/mol. The molecule has 0 aliphatic heterocycles. The van der Waals surface area contributed by atoms with E-state index in [2.05, 4.69) is 12.6 Å². The van der Waals surface area contributed by atoms with Gasteiger partial charge >= 0.3 is 0 Å². The zero-order chi connectivity index (χ0) is 11.3. The second-order valence-corrected chi connectivity index (χ2v) is 3.69. The van der Waals surface area contributed by atoms with Crippen molar-refractivity contribution < 1.29 is 9.90 Å². The Morgan fingerprint density at radius 1 is 1.53 bits per heavy atom. The fraction of sp³-hybridized carbons (Fsp3) is 0.250. The summed E-state index contributed by atoms with van der Waals surface area (Å²) in [5, 5.41) is 9.55. The predicted octanol–water partition coefficient (Wildman–Crippen LogP) is 2.93. The zero-order valence-electron chi connectivity index (χ0n) is 8.60. The fourth-order valence-corrected chi connectivity index (χ4v) is 1.39. The number of Topliss-reactive ketones (excluding diaryl/α,β-unsaturated/α-hetero) is 1. The van der Waals surface area contributed by atoms with Crippen molar-refractivity contribution in [1.82, 2.24) is 0 Å². The Labute approximate surface area is 95.0 Å². The SMILES string of the molecule is CC(=O)c1ccc(C=CCCS)cc1O. The number of benzene rings is 1. The van der Waals surface area contributed by atoms with E-state index in [0.717, 1.165) is 17.7 Å². The lowest BCUT2D eigenvalue weighted by Gasteiger charge is -2.01. The molecule has 3 heteroatoms. The fourth-order valence-electron chi connectivity index (χ4n) is 1.24. The van der Waals surface area contributed by atoms with Crippen LogP contribution in [-0.2, 0) is 0 Å². The van der Waals surface area contributed by atoms with Gasteiger partial charge in [-0.3, -0.25) is 4.79 Å². The molecule has 15 heavy (non-hydrogen) atoms. The number of thiol groups is 1. The molecule has 80 valence electrons. The van der Waals surface area contributed by atoms with Crippen molar-refractivity contribution in [3.05, 3.63) is 35.4 Å². The third-order valence-electron chi connectivity index (χ3n) is 2.01. The summed E-state index contributed by atoms with van der Waals surface area (Å²) in [4.78, 5) is 11.0. The van der Waals surface area contributed by atoms with E-state index in [-0.39, 0.29) is 11.5 Å². The van der Waals surface area contributed by atoms with Gasteiger partial charge in [0, 0.05) is 0 Å². The molecule has 0 radical (unpaired) electrons. The van der Waals surface area contributed by atoms with Gasteiger partial charge in [0.1, 0.15) is 5.75 Å². The first-order valence-corrected chi connectivity index (χ1v) is 5.39. The summed E-state index contributed by atoms with van der Waals surface area (Å²) in [6.45, 7) is 1.44. The maximum atomic E-state index is 11.0. The summed E-state index contributed by atoms with van der Waals surface area (Å²) >= 11 is 4.09. The number of phenols is 1. The Balaban J connectivity index is 2.87. The van der Waals surface area contributed by atoms with Crippen molar-refractivity contribution in [2.45, 2.75) is 13.3 Å². The van der Waals surface area contributed by atoms with E-state index in [4.69, 9.17) is 0 Å². The van der Waals surface area contributed by atoms with Crippen LogP contribution < -0.4 is 0 Å². The largest absolute Gasteiger partial charge is 0.507 e. The molecule has 0 atom stereocenters. The van der Waals surface area contributed by atoms with E-state index < -0.39 is 0 Å². The van der Waals surface area contributed by atoms with Crippen LogP contribution in [0.1, 0.15) is 29.3 Å². The van der Waals surface area contributed by atoms with E-state index in [1.54, 1.807) is 12.1 Å². The molecule has 0 saturated carbocycles. The van der Waals surface area contributed by atoms with Gasteiger partial charge < -0.3 is 5.11 Å². The molecule has 1 aromatic carbocycles. The number of carbonyl (C=O) groups excluding carboxylic acids is 1. The molecule has 0 aliphatic carbocycles. The number of carbonyl (C=O) groups is 1. The van der Waals surface area contributed by atoms with Crippen molar-refractivity contribution in [3.63, 3.8) is 0 Å². The van der Waals surface area contributed by atoms with Gasteiger partial charge in [-0.05, 0) is 36.8 Å². The van der Waals surface area contributed by atoms with E-state index in [0.29, 0.717) is 5.56 Å². The summed E-state index contributed by atoms with van der Waals surface area (Å²) < 4.78 is 0. The van der Waals surface area contributed by atoms with Crippen LogP contribution in [0.25, 0.3) is 6.08 Å². The molecule has 0 unspecified atom stereocenters. The molecule has 0 spiro atoms. The number of aromatic hydroxyl groups is 1. The number of ketones is 1. The minimum Gasteiger partial charge on any atom is -0.507 e. The number of rotatable bonds is 4. The molecular weight excluding hydrogens is 208 g/mol. The molecule has 0 heterocycles. The van der Waals surface area contributed by atoms with Crippen LogP contribution in [0.15, 0.2) is 24.3 Å². The highest BCUT2D eigenvalue weighted by Gasteiger charge is 2.05. The van der Waals surface area contributed by atoms with Gasteiger partial charge in [-0.1, -0.05) is 18.2 Å². The topological polar surface area (TPSA) is 37.3 Å². The average Bonchev–Trinajstić information content (AvgIpc) is 2.17. The van der Waals surface area contributed by atoms with Crippen LogP contribution in [-0.4, -0.2) is 16.6 Å². The minimum atomic E-state index is -0.126. The minimum absolute atomic E-state index is 0.0375. The summed E-state index contributed by atoms with van der Waals surface area (Å²) in [6.07, 6.45) is 4.77. The third kappa shape index (κ3) is 3.44. The number of hydrogen-bond donors (Lipinski definition) is 2. The molecule has 0 aliphatic rings. The summed E-state index contributed by atoms with van der Waals surface area (Å²) in [5.41, 5.74) is 1.25. The van der Waals surface area contributed by atoms with Crippen LogP contribution in [0.5, 0.6) is 5.75 Å². The van der Waals surface area contributed by atoms with Crippen molar-refractivity contribution in [3.8, 4) is 5.75 Å². The molecule has 0 amide bonds. The number of hydrogen-bond acceptors (Lipinski definition) is 3. The van der Waals surface area contributed by atoms with Crippen LogP contribution in [0, 0.1) is 0 Å². The van der Waals surface area contributed by atoms with Gasteiger partial charge in [-0.15, -0.1) is 0 Å². The Hall–Kier alpha value is -1.22. The van der Waals surface area contributed by atoms with Crippen molar-refractivity contribution in [1.29, 1.82) is 0 Å². The van der Waals surface area contributed by atoms with Gasteiger partial charge in [0.15, 0.2) is 5.78 Å². The smallest absolute Gasteiger partial charge is 0.163 e. The van der Waals surface area contributed by atoms with E-state index >= 15 is 0 Å². The van der Waals surface area contributed by atoms with Crippen molar-refractivity contribution >= 4 is 24.5 Å². The zero-order valence-corrected chi connectivity index (χ0v) is 9.50. The first-order valence-electron chi connectivity index (χ1n) is 4.76. The maximum Gasteiger partial charge on any atom is 0.163 e. The molecule has 0 fully saturated rings. The average molecular weight is 222 g/mol. The van der Waals surface area contributed by atoms with Gasteiger partial charge in [-0.25, -0.2) is 0 Å². The first-order chi connectivity index (χ1) is 7.15. The molecule has 1 rings (SSSR count). The second-order valence-electron chi connectivity index (χ2n) is 3.25. The monoisotopic (exact) mass is 222 g/mol. The van der Waals surface area contributed by atoms with Crippen LogP contribution in [0.2, 0.25) is 0 Å². The molecule has 2 nitrogen and oxygen atoms in total. The first kappa shape index (κ1) is 11.9. The lowest BCUT2D eigenvalue weighted by molar-refractivity contribution is 0.101. The molecular formula is C12H14O2S. The van der Waals surface area contributed by atoms with Gasteiger partial charge in [0.05, 0.1) is 5.56 Å². The molecule has 0 bridgehead atoms. The van der Waals surface area contributed by atoms with Crippen LogP contribution in [0.3, 0.4) is 0 Å². The quantitative estimate of drug-likeness (QED) is 0.607. The highest BCUT2D eigenvalue weighted by molar-refractivity contribution is 7.80. The molecule has 1 N–H and O–H groups in total. The van der Waals surface area contributed by atoms with Crippen molar-refractivity contribution in [2.24, 2.45) is 0 Å². The summed E-state index contributed by atoms with van der Waals surface area (Å²) in [5.74, 6) is 0.711. The second kappa shape index (κ2) is 5.61. The molecule has 0 aromatic heterocycles. The summed E-state index contributed by atoms with van der Waals surface area (Å²) in [7, 11) is 0. The number of phenolic OH excluding ortho intramolecular Hbond substituents is 1. The molecule has 1 aromatic rings. The lowest BCUT2D eigenvalue weighted by Crippen LogP contribution is -1.92. The highest BCUT2D eigenvalue weighted by Crippen LogP contribution is 2.20. The molecule has 0 saturated heterocycles. The van der Waals surface area contributed by atoms with E-state index in [1.807, 2.05) is 18.2 Å². The van der Waals surface area contributed by atoms with Gasteiger partial charge in [0.2, 0.25) is 0 Å². The van der Waals surface area contributed by atoms with Gasteiger partial charge in [-0.2, -0.15) is 12.6 Å². The van der Waals surface area contributed by atoms with E-state index in [9.17, 15) is 9.90 Å². The lowest BCUT2D eigenvalue weighted by atomic mass is 10.1. The summed E-state index contributed by atoms with van der Waals surface area (Å²) in [6, 6.07) is 5.04. The third-order valence-corrected chi connectivity index (χ3v) is 2.27. The maximum absolute atomic E-state index is 11.0. The Kier molecular flexibility index (Phi) is 4.43. The van der Waals surface area contributed by atoms with E-state index in [1.165, 1.54) is 6.92 Å².